The summed E-state index contributed by atoms with van der Waals surface area (Å²) in [6, 6.07) is 23.2. The van der Waals surface area contributed by atoms with Gasteiger partial charge in [-0.05, 0) is 48.4 Å². The van der Waals surface area contributed by atoms with Gasteiger partial charge in [0.2, 0.25) is 17.6 Å². The fraction of sp³-hybridized carbons (Fsp3) is 0.154. The van der Waals surface area contributed by atoms with Crippen LogP contribution in [0.15, 0.2) is 83.4 Å². The van der Waals surface area contributed by atoms with Gasteiger partial charge >= 0.3 is 0 Å². The molecule has 0 saturated heterocycles. The number of aryl methyl sites for hydroxylation is 1. The van der Waals surface area contributed by atoms with Gasteiger partial charge in [-0.1, -0.05) is 47.6 Å². The molecule has 0 radical (unpaired) electrons. The number of nitrogens with one attached hydrogen (secondary N) is 2. The van der Waals surface area contributed by atoms with Gasteiger partial charge in [-0.3, -0.25) is 4.79 Å². The highest BCUT2D eigenvalue weighted by Crippen LogP contribution is 2.21. The van der Waals surface area contributed by atoms with Gasteiger partial charge in [0.15, 0.2) is 0 Å². The number of halogens is 1. The monoisotopic (exact) mass is 455 g/mol. The number of rotatable bonds is 8. The summed E-state index contributed by atoms with van der Waals surface area (Å²) in [5.41, 5.74) is 3.51. The Balaban J connectivity index is 1.27. The first-order valence-corrected chi connectivity index (χ1v) is 11.0. The fourth-order valence-electron chi connectivity index (χ4n) is 3.76. The van der Waals surface area contributed by atoms with Crippen LogP contribution in [-0.2, 0) is 17.6 Å². The van der Waals surface area contributed by atoms with E-state index in [4.69, 9.17) is 4.52 Å². The van der Waals surface area contributed by atoms with Crippen LogP contribution in [0.25, 0.3) is 22.4 Å². The van der Waals surface area contributed by atoms with Crippen molar-refractivity contribution in [3.05, 3.63) is 102 Å². The van der Waals surface area contributed by atoms with Gasteiger partial charge in [0.05, 0.1) is 17.1 Å². The lowest BCUT2D eigenvalue weighted by Crippen LogP contribution is -2.31. The standard InChI is InChI=1S/C26H22FN5O2/c27-19-12-10-18(11-13-19)25-31-24(34-32-25)15-14-23(33)28-22(16-17-6-2-1-3-7-17)26-29-20-8-4-5-9-21(20)30-26/h1-13,22H,14-16H2,(H,28,33)(H,29,30)/t22-/m0/s1. The first kappa shape index (κ1) is 21.5. The Kier molecular flexibility index (Phi) is 6.11. The topological polar surface area (TPSA) is 96.7 Å². The fourth-order valence-corrected chi connectivity index (χ4v) is 3.76. The van der Waals surface area contributed by atoms with Gasteiger partial charge in [0.25, 0.3) is 0 Å². The van der Waals surface area contributed by atoms with Gasteiger partial charge in [0.1, 0.15) is 11.6 Å². The molecule has 0 spiro atoms. The van der Waals surface area contributed by atoms with Crippen LogP contribution in [-0.4, -0.2) is 26.0 Å². The zero-order valence-corrected chi connectivity index (χ0v) is 18.2. The van der Waals surface area contributed by atoms with Crippen LogP contribution in [0.5, 0.6) is 0 Å². The van der Waals surface area contributed by atoms with Gasteiger partial charge in [-0.15, -0.1) is 0 Å². The van der Waals surface area contributed by atoms with Gasteiger partial charge in [-0.2, -0.15) is 4.98 Å². The van der Waals surface area contributed by atoms with Crippen molar-refractivity contribution < 1.29 is 13.7 Å². The highest BCUT2D eigenvalue weighted by molar-refractivity contribution is 5.77. The lowest BCUT2D eigenvalue weighted by atomic mass is 10.1. The third-order valence-electron chi connectivity index (χ3n) is 5.49. The molecule has 8 heteroatoms. The van der Waals surface area contributed by atoms with Crippen LogP contribution in [0.1, 0.15) is 29.7 Å². The molecule has 2 N–H and O–H groups in total. The Bertz CT molecular complexity index is 1360. The van der Waals surface area contributed by atoms with Crippen LogP contribution in [0.2, 0.25) is 0 Å². The molecule has 5 rings (SSSR count). The van der Waals surface area contributed by atoms with Crippen LogP contribution in [0.3, 0.4) is 0 Å². The summed E-state index contributed by atoms with van der Waals surface area (Å²) in [7, 11) is 0. The summed E-state index contributed by atoms with van der Waals surface area (Å²) < 4.78 is 18.4. The molecule has 2 aromatic heterocycles. The van der Waals surface area contributed by atoms with Gasteiger partial charge in [0, 0.05) is 18.4 Å². The van der Waals surface area contributed by atoms with Crippen molar-refractivity contribution in [2.45, 2.75) is 25.3 Å². The van der Waals surface area contributed by atoms with E-state index >= 15 is 0 Å². The van der Waals surface area contributed by atoms with Crippen LogP contribution in [0.4, 0.5) is 4.39 Å². The van der Waals surface area contributed by atoms with Crippen molar-refractivity contribution in [2.75, 3.05) is 0 Å². The van der Waals surface area contributed by atoms with E-state index in [1.807, 2.05) is 54.6 Å². The molecule has 2 heterocycles. The van der Waals surface area contributed by atoms with E-state index in [2.05, 4.69) is 25.4 Å². The van der Waals surface area contributed by atoms with E-state index in [1.165, 1.54) is 12.1 Å². The second kappa shape index (κ2) is 9.66. The number of aromatic amines is 1. The molecule has 5 aromatic rings. The third kappa shape index (κ3) is 5.01. The van der Waals surface area contributed by atoms with E-state index in [1.54, 1.807) is 12.1 Å². The Hall–Kier alpha value is -4.33. The maximum Gasteiger partial charge on any atom is 0.227 e. The third-order valence-corrected chi connectivity index (χ3v) is 5.49. The molecule has 0 bridgehead atoms. The summed E-state index contributed by atoms with van der Waals surface area (Å²) in [6.45, 7) is 0. The van der Waals surface area contributed by atoms with Crippen molar-refractivity contribution in [1.29, 1.82) is 0 Å². The summed E-state index contributed by atoms with van der Waals surface area (Å²) in [5, 5.41) is 7.02. The SMILES string of the molecule is O=C(CCc1nc(-c2ccc(F)cc2)no1)N[C@@H](Cc1ccccc1)c1nc2ccccc2[nH]1. The largest absolute Gasteiger partial charge is 0.346 e. The van der Waals surface area contributed by atoms with Crippen LogP contribution < -0.4 is 5.32 Å². The number of nitrogens with zero attached hydrogens (tertiary/aromatic N) is 3. The van der Waals surface area contributed by atoms with Crippen molar-refractivity contribution in [3.8, 4) is 11.4 Å². The zero-order valence-electron chi connectivity index (χ0n) is 18.2. The van der Waals surface area contributed by atoms with Crippen molar-refractivity contribution >= 4 is 16.9 Å². The number of aromatic nitrogens is 4. The second-order valence-electron chi connectivity index (χ2n) is 7.97. The molecular weight excluding hydrogens is 433 g/mol. The predicted octanol–water partition coefficient (Wildman–Crippen LogP) is 4.78. The molecule has 0 fully saturated rings. The van der Waals surface area contributed by atoms with E-state index < -0.39 is 0 Å². The average Bonchev–Trinajstić information content (AvgIpc) is 3.51. The molecule has 34 heavy (non-hydrogen) atoms. The Morgan fingerprint density at radius 3 is 2.53 bits per heavy atom. The minimum Gasteiger partial charge on any atom is -0.346 e. The minimum atomic E-state index is -0.335. The molecule has 170 valence electrons. The number of H-pyrrole nitrogens is 1. The molecule has 0 aliphatic carbocycles. The summed E-state index contributed by atoms with van der Waals surface area (Å²) in [4.78, 5) is 25.2. The van der Waals surface area contributed by atoms with Gasteiger partial charge in [-0.25, -0.2) is 9.37 Å². The molecule has 0 aliphatic heterocycles. The van der Waals surface area contributed by atoms with Crippen LogP contribution in [0, 0.1) is 5.82 Å². The maximum atomic E-state index is 13.1. The molecule has 3 aromatic carbocycles. The molecule has 1 atom stereocenters. The smallest absolute Gasteiger partial charge is 0.227 e. The van der Waals surface area contributed by atoms with E-state index in [0.717, 1.165) is 16.6 Å². The first-order chi connectivity index (χ1) is 16.6. The maximum absolute atomic E-state index is 13.1. The number of fused-ring (bicyclic) bond motifs is 1. The number of benzene rings is 3. The molecule has 7 nitrogen and oxygen atoms in total. The first-order valence-electron chi connectivity index (χ1n) is 11.0. The predicted molar refractivity (Wildman–Crippen MR) is 125 cm³/mol. The lowest BCUT2D eigenvalue weighted by Gasteiger charge is -2.17. The molecule has 0 saturated carbocycles. The zero-order chi connectivity index (χ0) is 23.3. The summed E-state index contributed by atoms with van der Waals surface area (Å²) in [5.74, 6) is 0.925. The van der Waals surface area contributed by atoms with E-state index in [0.29, 0.717) is 29.5 Å². The number of carbonyl (C=O) groups is 1. The number of imidazole rings is 1. The number of hydrogen-bond acceptors (Lipinski definition) is 5. The summed E-state index contributed by atoms with van der Waals surface area (Å²) >= 11 is 0. The number of hydrogen-bond donors (Lipinski definition) is 2. The van der Waals surface area contributed by atoms with Crippen molar-refractivity contribution in [2.24, 2.45) is 0 Å². The molecule has 1 amide bonds. The highest BCUT2D eigenvalue weighted by atomic mass is 19.1. The van der Waals surface area contributed by atoms with Crippen LogP contribution >= 0.6 is 0 Å². The van der Waals surface area contributed by atoms with Crippen molar-refractivity contribution in [1.82, 2.24) is 25.4 Å². The van der Waals surface area contributed by atoms with Gasteiger partial charge < -0.3 is 14.8 Å². The van der Waals surface area contributed by atoms with E-state index in [9.17, 15) is 9.18 Å². The van der Waals surface area contributed by atoms with Crippen molar-refractivity contribution in [3.63, 3.8) is 0 Å². The number of amides is 1. The quantitative estimate of drug-likeness (QED) is 0.351. The van der Waals surface area contributed by atoms with E-state index in [-0.39, 0.29) is 30.6 Å². The Labute approximate surface area is 195 Å². The second-order valence-corrected chi connectivity index (χ2v) is 7.97. The normalized spacial score (nSPS) is 12.0. The molecular formula is C26H22FN5O2. The average molecular weight is 455 g/mol. The number of carbonyl (C=O) groups excluding carboxylic acids is 1. The molecule has 0 aliphatic rings. The highest BCUT2D eigenvalue weighted by Gasteiger charge is 2.20. The summed E-state index contributed by atoms with van der Waals surface area (Å²) in [6.07, 6.45) is 1.07. The lowest BCUT2D eigenvalue weighted by molar-refractivity contribution is -0.121. The molecule has 0 unspecified atom stereocenters. The Morgan fingerprint density at radius 1 is 0.971 bits per heavy atom. The Morgan fingerprint density at radius 2 is 1.74 bits per heavy atom. The number of para-hydroxylation sites is 2. The minimum absolute atomic E-state index is 0.150.